The number of hydrogen-bond donors (Lipinski definition) is 0. The standard InChI is InChI=1S/C15H23ClN2O2S/c1-13-14(12-16)6-5-7-15(13)21(19,20)17(2)10-11-18-8-3-4-9-18/h5-7H,3-4,8-12H2,1-2H3. The summed E-state index contributed by atoms with van der Waals surface area (Å²) in [5.74, 6) is 0.326. The van der Waals surface area contributed by atoms with Gasteiger partial charge < -0.3 is 4.90 Å². The number of hydrogen-bond acceptors (Lipinski definition) is 3. The van der Waals surface area contributed by atoms with Crippen LogP contribution in [0.4, 0.5) is 0 Å². The van der Waals surface area contributed by atoms with Crippen LogP contribution in [0.2, 0.25) is 0 Å². The number of likely N-dealkylation sites (tertiary alicyclic amines) is 1. The van der Waals surface area contributed by atoms with E-state index in [1.54, 1.807) is 19.2 Å². The van der Waals surface area contributed by atoms with Crippen LogP contribution in [0.1, 0.15) is 24.0 Å². The van der Waals surface area contributed by atoms with Crippen LogP contribution in [0.5, 0.6) is 0 Å². The summed E-state index contributed by atoms with van der Waals surface area (Å²) in [6.45, 7) is 5.29. The molecule has 1 aliphatic heterocycles. The van der Waals surface area contributed by atoms with Crippen LogP contribution in [0.25, 0.3) is 0 Å². The molecule has 1 aliphatic rings. The van der Waals surface area contributed by atoms with E-state index in [4.69, 9.17) is 11.6 Å². The lowest BCUT2D eigenvalue weighted by atomic mass is 10.1. The highest BCUT2D eigenvalue weighted by molar-refractivity contribution is 7.89. The van der Waals surface area contributed by atoms with Crippen LogP contribution in [0.15, 0.2) is 23.1 Å². The Bertz CT molecular complexity index is 583. The molecule has 0 unspecified atom stereocenters. The first kappa shape index (κ1) is 16.7. The van der Waals surface area contributed by atoms with E-state index in [1.807, 2.05) is 13.0 Å². The summed E-state index contributed by atoms with van der Waals surface area (Å²) in [4.78, 5) is 2.68. The van der Waals surface area contributed by atoms with Gasteiger partial charge in [-0.05, 0) is 50.0 Å². The average Bonchev–Trinajstić information content (AvgIpc) is 2.98. The van der Waals surface area contributed by atoms with E-state index in [1.165, 1.54) is 17.1 Å². The minimum absolute atomic E-state index is 0.326. The summed E-state index contributed by atoms with van der Waals surface area (Å²) in [5.41, 5.74) is 1.62. The van der Waals surface area contributed by atoms with Gasteiger partial charge in [0.15, 0.2) is 0 Å². The fraction of sp³-hybridized carbons (Fsp3) is 0.600. The van der Waals surface area contributed by atoms with Gasteiger partial charge in [0.05, 0.1) is 4.90 Å². The Morgan fingerprint density at radius 1 is 1.29 bits per heavy atom. The molecule has 0 spiro atoms. The number of alkyl halides is 1. The van der Waals surface area contributed by atoms with Gasteiger partial charge >= 0.3 is 0 Å². The highest BCUT2D eigenvalue weighted by Crippen LogP contribution is 2.23. The average molecular weight is 331 g/mol. The van der Waals surface area contributed by atoms with Crippen molar-refractivity contribution in [3.8, 4) is 0 Å². The first-order valence-electron chi connectivity index (χ1n) is 7.30. The Labute approximate surface area is 132 Å². The van der Waals surface area contributed by atoms with Gasteiger partial charge in [0, 0.05) is 26.0 Å². The number of rotatable bonds is 6. The summed E-state index contributed by atoms with van der Waals surface area (Å²) in [5, 5.41) is 0. The number of nitrogens with zero attached hydrogens (tertiary/aromatic N) is 2. The van der Waals surface area contributed by atoms with Crippen LogP contribution < -0.4 is 0 Å². The number of halogens is 1. The van der Waals surface area contributed by atoms with Gasteiger partial charge in [-0.15, -0.1) is 11.6 Å². The lowest BCUT2D eigenvalue weighted by Crippen LogP contribution is -2.35. The van der Waals surface area contributed by atoms with Crippen LogP contribution >= 0.6 is 11.6 Å². The van der Waals surface area contributed by atoms with Crippen molar-refractivity contribution in [3.05, 3.63) is 29.3 Å². The highest BCUT2D eigenvalue weighted by atomic mass is 35.5. The van der Waals surface area contributed by atoms with Crippen molar-refractivity contribution < 1.29 is 8.42 Å². The number of likely N-dealkylation sites (N-methyl/N-ethyl adjacent to an activating group) is 1. The van der Waals surface area contributed by atoms with Gasteiger partial charge in [-0.3, -0.25) is 0 Å². The van der Waals surface area contributed by atoms with Gasteiger partial charge in [0.1, 0.15) is 0 Å². The normalized spacial score (nSPS) is 16.8. The molecule has 1 aromatic carbocycles. The Morgan fingerprint density at radius 2 is 1.95 bits per heavy atom. The molecule has 4 nitrogen and oxygen atoms in total. The summed E-state index contributed by atoms with van der Waals surface area (Å²) < 4.78 is 26.8. The molecular formula is C15H23ClN2O2S. The van der Waals surface area contributed by atoms with E-state index < -0.39 is 10.0 Å². The third-order valence-corrected chi connectivity index (χ3v) is 6.45. The van der Waals surface area contributed by atoms with Crippen LogP contribution in [0, 0.1) is 6.92 Å². The quantitative estimate of drug-likeness (QED) is 0.752. The zero-order chi connectivity index (χ0) is 15.5. The Hall–Kier alpha value is -0.620. The van der Waals surface area contributed by atoms with Crippen molar-refractivity contribution in [3.63, 3.8) is 0 Å². The Morgan fingerprint density at radius 3 is 2.57 bits per heavy atom. The second-order valence-corrected chi connectivity index (χ2v) is 7.83. The minimum Gasteiger partial charge on any atom is -0.302 e. The van der Waals surface area contributed by atoms with Crippen molar-refractivity contribution >= 4 is 21.6 Å². The molecule has 118 valence electrons. The SMILES string of the molecule is Cc1c(CCl)cccc1S(=O)(=O)N(C)CCN1CCCC1. The summed E-state index contributed by atoms with van der Waals surface area (Å²) >= 11 is 5.87. The van der Waals surface area contributed by atoms with Gasteiger partial charge in [-0.25, -0.2) is 8.42 Å². The molecule has 6 heteroatoms. The molecule has 21 heavy (non-hydrogen) atoms. The maximum Gasteiger partial charge on any atom is 0.243 e. The van der Waals surface area contributed by atoms with Gasteiger partial charge in [-0.2, -0.15) is 4.31 Å². The second-order valence-electron chi connectivity index (χ2n) is 5.55. The van der Waals surface area contributed by atoms with E-state index in [0.29, 0.717) is 17.3 Å². The largest absolute Gasteiger partial charge is 0.302 e. The van der Waals surface area contributed by atoms with Gasteiger partial charge in [-0.1, -0.05) is 12.1 Å². The predicted molar refractivity (Wildman–Crippen MR) is 86.2 cm³/mol. The molecule has 2 rings (SSSR count). The molecule has 0 aliphatic carbocycles. The molecule has 0 atom stereocenters. The summed E-state index contributed by atoms with van der Waals surface area (Å²) in [6, 6.07) is 5.28. The molecular weight excluding hydrogens is 308 g/mol. The number of benzene rings is 1. The molecule has 1 aromatic rings. The molecule has 1 fully saturated rings. The molecule has 0 bridgehead atoms. The second kappa shape index (κ2) is 7.09. The van der Waals surface area contributed by atoms with Crippen LogP contribution in [-0.2, 0) is 15.9 Å². The molecule has 0 aromatic heterocycles. The van der Waals surface area contributed by atoms with Crippen molar-refractivity contribution in [1.82, 2.24) is 9.21 Å². The molecule has 0 amide bonds. The first-order valence-corrected chi connectivity index (χ1v) is 9.27. The monoisotopic (exact) mass is 330 g/mol. The van der Waals surface area contributed by atoms with E-state index in [2.05, 4.69) is 4.90 Å². The molecule has 0 radical (unpaired) electrons. The van der Waals surface area contributed by atoms with Crippen molar-refractivity contribution in [2.75, 3.05) is 33.2 Å². The molecule has 1 saturated heterocycles. The lowest BCUT2D eigenvalue weighted by molar-refractivity contribution is 0.310. The fourth-order valence-electron chi connectivity index (χ4n) is 2.66. The van der Waals surface area contributed by atoms with E-state index in [9.17, 15) is 8.42 Å². The fourth-order valence-corrected chi connectivity index (χ4v) is 4.38. The molecule has 0 saturated carbocycles. The number of sulfonamides is 1. The highest BCUT2D eigenvalue weighted by Gasteiger charge is 2.24. The minimum atomic E-state index is -3.45. The lowest BCUT2D eigenvalue weighted by Gasteiger charge is -2.22. The first-order chi connectivity index (χ1) is 9.96. The molecule has 0 N–H and O–H groups in total. The maximum atomic E-state index is 12.7. The van der Waals surface area contributed by atoms with E-state index in [0.717, 1.165) is 30.8 Å². The van der Waals surface area contributed by atoms with Gasteiger partial charge in [0.25, 0.3) is 0 Å². The summed E-state index contributed by atoms with van der Waals surface area (Å²) in [7, 11) is -1.79. The molecule has 1 heterocycles. The smallest absolute Gasteiger partial charge is 0.243 e. The maximum absolute atomic E-state index is 12.7. The zero-order valence-electron chi connectivity index (χ0n) is 12.7. The van der Waals surface area contributed by atoms with Crippen LogP contribution in [-0.4, -0.2) is 50.8 Å². The Balaban J connectivity index is 2.13. The van der Waals surface area contributed by atoms with Gasteiger partial charge in [0.2, 0.25) is 10.0 Å². The van der Waals surface area contributed by atoms with E-state index >= 15 is 0 Å². The third-order valence-electron chi connectivity index (χ3n) is 4.16. The van der Waals surface area contributed by atoms with E-state index in [-0.39, 0.29) is 0 Å². The van der Waals surface area contributed by atoms with Crippen LogP contribution in [0.3, 0.4) is 0 Å². The predicted octanol–water partition coefficient (Wildman–Crippen LogP) is 2.45. The van der Waals surface area contributed by atoms with Crippen molar-refractivity contribution in [1.29, 1.82) is 0 Å². The summed E-state index contributed by atoms with van der Waals surface area (Å²) in [6.07, 6.45) is 2.43. The third kappa shape index (κ3) is 3.77. The topological polar surface area (TPSA) is 40.6 Å². The van der Waals surface area contributed by atoms with Crippen molar-refractivity contribution in [2.45, 2.75) is 30.5 Å². The zero-order valence-corrected chi connectivity index (χ0v) is 14.3. The Kier molecular flexibility index (Phi) is 5.66. The van der Waals surface area contributed by atoms with Crippen molar-refractivity contribution in [2.24, 2.45) is 0 Å².